The van der Waals surface area contributed by atoms with Crippen LogP contribution in [0.25, 0.3) is 11.3 Å². The van der Waals surface area contributed by atoms with Crippen LogP contribution in [0.2, 0.25) is 0 Å². The van der Waals surface area contributed by atoms with Crippen molar-refractivity contribution in [2.45, 2.75) is 11.8 Å². The normalized spacial score (nSPS) is 16.0. The molecule has 2 aromatic rings. The Balaban J connectivity index is 1.80. The van der Waals surface area contributed by atoms with Gasteiger partial charge in [-0.25, -0.2) is 13.4 Å². The lowest BCUT2D eigenvalue weighted by atomic mass is 10.2. The zero-order valence-corrected chi connectivity index (χ0v) is 14.7. The minimum absolute atomic E-state index is 0.178. The average Bonchev–Trinajstić information content (AvgIpc) is 3.03. The van der Waals surface area contributed by atoms with E-state index in [9.17, 15) is 13.2 Å². The number of aromatic nitrogens is 1. The third-order valence-corrected chi connectivity index (χ3v) is 6.22. The van der Waals surface area contributed by atoms with Crippen LogP contribution in [0.1, 0.15) is 6.92 Å². The molecule has 0 bridgehead atoms. The lowest BCUT2D eigenvalue weighted by Crippen LogP contribution is -2.40. The predicted octanol–water partition coefficient (Wildman–Crippen LogP) is 1.79. The van der Waals surface area contributed by atoms with E-state index in [1.165, 1.54) is 22.6 Å². The van der Waals surface area contributed by atoms with Gasteiger partial charge >= 0.3 is 0 Å². The Kier molecular flexibility index (Phi) is 4.95. The number of sulfonamides is 1. The summed E-state index contributed by atoms with van der Waals surface area (Å²) in [7, 11) is -3.49. The van der Waals surface area contributed by atoms with Gasteiger partial charge in [-0.15, -0.1) is 11.3 Å². The molecule has 0 atom stereocenters. The van der Waals surface area contributed by atoms with Crippen LogP contribution in [-0.4, -0.2) is 49.9 Å². The molecule has 2 heterocycles. The Morgan fingerprint density at radius 3 is 2.54 bits per heavy atom. The Morgan fingerprint density at radius 1 is 1.25 bits per heavy atom. The Morgan fingerprint density at radius 2 is 1.92 bits per heavy atom. The molecule has 1 aromatic carbocycles. The van der Waals surface area contributed by atoms with Crippen LogP contribution in [0.5, 0.6) is 0 Å². The maximum atomic E-state index is 12.6. The van der Waals surface area contributed by atoms with Gasteiger partial charge in [0, 0.05) is 31.0 Å². The molecule has 9 heteroatoms. The van der Waals surface area contributed by atoms with Gasteiger partial charge in [0.1, 0.15) is 0 Å². The third-order valence-electron chi connectivity index (χ3n) is 3.55. The highest BCUT2D eigenvalue weighted by Crippen LogP contribution is 2.26. The molecule has 0 saturated carbocycles. The van der Waals surface area contributed by atoms with Crippen molar-refractivity contribution < 1.29 is 17.9 Å². The highest BCUT2D eigenvalue weighted by Gasteiger charge is 2.26. The Bertz CT molecular complexity index is 825. The number of nitrogens with one attached hydrogen (secondary N) is 1. The second-order valence-corrected chi connectivity index (χ2v) is 8.06. The maximum absolute atomic E-state index is 12.6. The molecule has 0 radical (unpaired) electrons. The number of hydrogen-bond acceptors (Lipinski definition) is 6. The van der Waals surface area contributed by atoms with Gasteiger partial charge in [-0.05, 0) is 12.1 Å². The lowest BCUT2D eigenvalue weighted by molar-refractivity contribution is -0.114. The summed E-state index contributed by atoms with van der Waals surface area (Å²) >= 11 is 1.32. The minimum Gasteiger partial charge on any atom is -0.379 e. The van der Waals surface area contributed by atoms with Gasteiger partial charge < -0.3 is 10.1 Å². The molecule has 7 nitrogen and oxygen atoms in total. The summed E-state index contributed by atoms with van der Waals surface area (Å²) in [6, 6.07) is 6.61. The number of hydrogen-bond donors (Lipinski definition) is 1. The quantitative estimate of drug-likeness (QED) is 0.890. The number of nitrogens with zero attached hydrogens (tertiary/aromatic N) is 2. The summed E-state index contributed by atoms with van der Waals surface area (Å²) in [5.74, 6) is -0.178. The minimum atomic E-state index is -3.49. The summed E-state index contributed by atoms with van der Waals surface area (Å²) in [6.45, 7) is 3.00. The summed E-state index contributed by atoms with van der Waals surface area (Å²) < 4.78 is 31.8. The van der Waals surface area contributed by atoms with E-state index < -0.39 is 10.0 Å². The molecule has 1 N–H and O–H groups in total. The van der Waals surface area contributed by atoms with Crippen LogP contribution < -0.4 is 5.32 Å². The monoisotopic (exact) mass is 367 g/mol. The number of morpholine rings is 1. The van der Waals surface area contributed by atoms with Gasteiger partial charge in [0.05, 0.1) is 23.8 Å². The molecule has 1 saturated heterocycles. The lowest BCUT2D eigenvalue weighted by Gasteiger charge is -2.26. The van der Waals surface area contributed by atoms with Crippen LogP contribution >= 0.6 is 11.3 Å². The van der Waals surface area contributed by atoms with Crippen LogP contribution in [-0.2, 0) is 19.6 Å². The topological polar surface area (TPSA) is 88.6 Å². The number of amides is 1. The fourth-order valence-corrected chi connectivity index (χ4v) is 4.52. The van der Waals surface area contributed by atoms with Crippen molar-refractivity contribution >= 4 is 32.4 Å². The zero-order valence-electron chi connectivity index (χ0n) is 13.1. The molecule has 0 aliphatic carbocycles. The van der Waals surface area contributed by atoms with Crippen molar-refractivity contribution in [3.8, 4) is 11.3 Å². The SMILES string of the molecule is CC(=O)Nc1nc(-c2ccc(S(=O)(=O)N3CCOCC3)cc2)cs1. The summed E-state index contributed by atoms with van der Waals surface area (Å²) in [5.41, 5.74) is 1.49. The summed E-state index contributed by atoms with van der Waals surface area (Å²) in [5, 5.41) is 4.96. The molecule has 0 unspecified atom stereocenters. The molecule has 24 heavy (non-hydrogen) atoms. The van der Waals surface area contributed by atoms with Crippen LogP contribution in [0, 0.1) is 0 Å². The fourth-order valence-electron chi connectivity index (χ4n) is 2.35. The van der Waals surface area contributed by atoms with E-state index in [4.69, 9.17) is 4.74 Å². The zero-order chi connectivity index (χ0) is 17.2. The van der Waals surface area contributed by atoms with Gasteiger partial charge in [0.2, 0.25) is 15.9 Å². The molecule has 1 aromatic heterocycles. The molecule has 1 fully saturated rings. The van der Waals surface area contributed by atoms with Crippen molar-refractivity contribution in [3.05, 3.63) is 29.6 Å². The highest BCUT2D eigenvalue weighted by atomic mass is 32.2. The van der Waals surface area contributed by atoms with Crippen molar-refractivity contribution in [1.29, 1.82) is 0 Å². The number of ether oxygens (including phenoxy) is 1. The summed E-state index contributed by atoms with van der Waals surface area (Å²) in [6.07, 6.45) is 0. The molecular weight excluding hydrogens is 350 g/mol. The van der Waals surface area contributed by atoms with E-state index in [0.717, 1.165) is 5.56 Å². The number of benzene rings is 1. The van der Waals surface area contributed by atoms with Gasteiger partial charge in [-0.3, -0.25) is 4.79 Å². The number of rotatable bonds is 4. The number of carbonyl (C=O) groups excluding carboxylic acids is 1. The van der Waals surface area contributed by atoms with E-state index in [1.54, 1.807) is 24.3 Å². The standard InChI is InChI=1S/C15H17N3O4S2/c1-11(19)16-15-17-14(10-23-15)12-2-4-13(5-3-12)24(20,21)18-6-8-22-9-7-18/h2-5,10H,6-9H2,1H3,(H,16,17,19). The Hall–Kier alpha value is -1.81. The number of carbonyl (C=O) groups is 1. The first kappa shape index (κ1) is 17.0. The van der Waals surface area contributed by atoms with Crippen molar-refractivity contribution in [3.63, 3.8) is 0 Å². The van der Waals surface area contributed by atoms with Crippen LogP contribution in [0.4, 0.5) is 5.13 Å². The highest BCUT2D eigenvalue weighted by molar-refractivity contribution is 7.89. The first-order valence-corrected chi connectivity index (χ1v) is 9.70. The molecule has 1 amide bonds. The molecular formula is C15H17N3O4S2. The first-order chi connectivity index (χ1) is 11.5. The summed E-state index contributed by atoms with van der Waals surface area (Å²) in [4.78, 5) is 15.6. The molecule has 3 rings (SSSR count). The smallest absolute Gasteiger partial charge is 0.243 e. The van der Waals surface area contributed by atoms with Gasteiger partial charge in [-0.1, -0.05) is 12.1 Å². The molecule has 128 valence electrons. The Labute approximate surface area is 144 Å². The molecule has 1 aliphatic rings. The number of anilines is 1. The average molecular weight is 367 g/mol. The van der Waals surface area contributed by atoms with Crippen molar-refractivity contribution in [1.82, 2.24) is 9.29 Å². The van der Waals surface area contributed by atoms with E-state index in [2.05, 4.69) is 10.3 Å². The first-order valence-electron chi connectivity index (χ1n) is 7.38. The van der Waals surface area contributed by atoms with E-state index in [0.29, 0.717) is 37.1 Å². The molecule has 1 aliphatic heterocycles. The van der Waals surface area contributed by atoms with E-state index in [1.807, 2.05) is 5.38 Å². The van der Waals surface area contributed by atoms with E-state index in [-0.39, 0.29) is 10.8 Å². The second-order valence-electron chi connectivity index (χ2n) is 5.26. The van der Waals surface area contributed by atoms with Gasteiger partial charge in [0.15, 0.2) is 5.13 Å². The fraction of sp³-hybridized carbons (Fsp3) is 0.333. The van der Waals surface area contributed by atoms with E-state index >= 15 is 0 Å². The third kappa shape index (κ3) is 3.64. The molecule has 0 spiro atoms. The number of thiazole rings is 1. The van der Waals surface area contributed by atoms with Crippen molar-refractivity contribution in [2.75, 3.05) is 31.6 Å². The van der Waals surface area contributed by atoms with Crippen LogP contribution in [0.15, 0.2) is 34.5 Å². The predicted molar refractivity (Wildman–Crippen MR) is 91.4 cm³/mol. The van der Waals surface area contributed by atoms with Gasteiger partial charge in [0.25, 0.3) is 0 Å². The largest absolute Gasteiger partial charge is 0.379 e. The second kappa shape index (κ2) is 6.98. The van der Waals surface area contributed by atoms with Gasteiger partial charge in [-0.2, -0.15) is 4.31 Å². The van der Waals surface area contributed by atoms with Crippen molar-refractivity contribution in [2.24, 2.45) is 0 Å². The maximum Gasteiger partial charge on any atom is 0.243 e. The van der Waals surface area contributed by atoms with Crippen LogP contribution in [0.3, 0.4) is 0 Å².